The molecule has 1 aliphatic heterocycles. The van der Waals surface area contributed by atoms with Crippen molar-refractivity contribution in [2.45, 2.75) is 83.3 Å². The highest BCUT2D eigenvalue weighted by atomic mass is 32.2. The molecule has 3 aromatic carbocycles. The van der Waals surface area contributed by atoms with E-state index in [-0.39, 0.29) is 24.8 Å². The number of nitrogens with zero attached hydrogens (tertiary/aromatic N) is 1. The van der Waals surface area contributed by atoms with E-state index in [1.807, 2.05) is 97.0 Å². The predicted octanol–water partition coefficient (Wildman–Crippen LogP) is 5.64. The fraction of sp³-hybridized carbons (Fsp3) is 0.471. The average Bonchev–Trinajstić information content (AvgIpc) is 3.23. The topological polar surface area (TPSA) is 92.8 Å². The Morgan fingerprint density at radius 2 is 1.29 bits per heavy atom. The molecule has 4 rings (SSSR count). The van der Waals surface area contributed by atoms with Crippen molar-refractivity contribution in [3.8, 4) is 11.5 Å². The Morgan fingerprint density at radius 3 is 1.73 bits per heavy atom. The summed E-state index contributed by atoms with van der Waals surface area (Å²) < 4.78 is 65.5. The van der Waals surface area contributed by atoms with Crippen molar-refractivity contribution in [2.75, 3.05) is 27.6 Å². The highest BCUT2D eigenvalue weighted by Gasteiger charge is 2.53. The quantitative estimate of drug-likeness (QED) is 0.127. The van der Waals surface area contributed by atoms with Crippen molar-refractivity contribution in [3.63, 3.8) is 0 Å². The van der Waals surface area contributed by atoms with Gasteiger partial charge in [-0.2, -0.15) is 4.31 Å². The Hall–Kier alpha value is -2.93. The lowest BCUT2D eigenvalue weighted by atomic mass is 9.72. The number of hydrogen-bond acceptors (Lipinski definition) is 8. The number of sulfonamides is 1. The van der Waals surface area contributed by atoms with Crippen LogP contribution in [0, 0.1) is 0 Å². The van der Waals surface area contributed by atoms with Crippen LogP contribution in [0.25, 0.3) is 0 Å². The van der Waals surface area contributed by atoms with E-state index in [4.69, 9.17) is 28.3 Å². The number of benzene rings is 3. The molecule has 0 spiro atoms. The predicted molar refractivity (Wildman–Crippen MR) is 175 cm³/mol. The zero-order valence-electron chi connectivity index (χ0n) is 27.9. The lowest BCUT2D eigenvalue weighted by Gasteiger charge is -2.32. The molecule has 0 unspecified atom stereocenters. The summed E-state index contributed by atoms with van der Waals surface area (Å²) in [6, 6.07) is 19.8. The van der Waals surface area contributed by atoms with E-state index in [0.29, 0.717) is 29.1 Å². The van der Waals surface area contributed by atoms with Crippen molar-refractivity contribution < 1.29 is 36.7 Å². The van der Waals surface area contributed by atoms with Crippen LogP contribution in [0.5, 0.6) is 11.5 Å². The standard InChI is InChI=1S/C34H46BNO8S/c1-10-41-24-42-32(2,3)30-21-29(19-20-31(30)35-43-33(4,5)34(6,7)44-35)45(37,38)36(22-25-11-15-27(39-8)16-12-25)23-26-13-17-28(40-9)18-14-26/h11-21H,10,22-24H2,1-9H3. The van der Waals surface area contributed by atoms with Crippen molar-refractivity contribution in [3.05, 3.63) is 83.4 Å². The van der Waals surface area contributed by atoms with Crippen LogP contribution in [0.4, 0.5) is 0 Å². The number of hydrogen-bond donors (Lipinski definition) is 0. The third-order valence-corrected chi connectivity index (χ3v) is 10.3. The molecule has 1 saturated heterocycles. The lowest BCUT2D eigenvalue weighted by molar-refractivity contribution is -0.128. The zero-order valence-corrected chi connectivity index (χ0v) is 28.7. The summed E-state index contributed by atoms with van der Waals surface area (Å²) in [4.78, 5) is 0.132. The summed E-state index contributed by atoms with van der Waals surface area (Å²) in [6.07, 6.45) is 0. The van der Waals surface area contributed by atoms with Gasteiger partial charge < -0.3 is 28.3 Å². The third kappa shape index (κ3) is 7.90. The first-order valence-electron chi connectivity index (χ1n) is 15.1. The maximum Gasteiger partial charge on any atom is 0.495 e. The van der Waals surface area contributed by atoms with Crippen molar-refractivity contribution >= 4 is 22.6 Å². The van der Waals surface area contributed by atoms with Gasteiger partial charge in [0.1, 0.15) is 18.3 Å². The van der Waals surface area contributed by atoms with Crippen LogP contribution >= 0.6 is 0 Å². The average molecular weight is 640 g/mol. The van der Waals surface area contributed by atoms with Gasteiger partial charge in [-0.3, -0.25) is 0 Å². The third-order valence-electron chi connectivity index (χ3n) is 8.56. The molecular formula is C34H46BNO8S. The maximum absolute atomic E-state index is 14.5. The molecule has 11 heteroatoms. The van der Waals surface area contributed by atoms with Gasteiger partial charge in [-0.15, -0.1) is 0 Å². The minimum absolute atomic E-state index is 0.0460. The summed E-state index contributed by atoms with van der Waals surface area (Å²) in [5.74, 6) is 1.39. The molecule has 3 aromatic rings. The summed E-state index contributed by atoms with van der Waals surface area (Å²) in [7, 11) is -1.54. The molecule has 0 aliphatic carbocycles. The van der Waals surface area contributed by atoms with Crippen LogP contribution in [-0.4, -0.2) is 58.7 Å². The summed E-state index contributed by atoms with van der Waals surface area (Å²) in [5, 5.41) is 0. The van der Waals surface area contributed by atoms with E-state index in [9.17, 15) is 8.42 Å². The second-order valence-corrected chi connectivity index (χ2v) is 14.5. The van der Waals surface area contributed by atoms with Gasteiger partial charge in [0, 0.05) is 19.7 Å². The van der Waals surface area contributed by atoms with Crippen molar-refractivity contribution in [2.24, 2.45) is 0 Å². The Balaban J connectivity index is 1.78. The van der Waals surface area contributed by atoms with Crippen LogP contribution < -0.4 is 14.9 Å². The van der Waals surface area contributed by atoms with Gasteiger partial charge in [-0.05, 0) is 107 Å². The molecule has 9 nitrogen and oxygen atoms in total. The van der Waals surface area contributed by atoms with Gasteiger partial charge in [0.25, 0.3) is 0 Å². The second-order valence-electron chi connectivity index (χ2n) is 12.6. The molecular weight excluding hydrogens is 593 g/mol. The van der Waals surface area contributed by atoms with E-state index in [1.165, 1.54) is 4.31 Å². The Bertz CT molecular complexity index is 1470. The molecule has 0 bridgehead atoms. The molecule has 1 fully saturated rings. The molecule has 0 saturated carbocycles. The Morgan fingerprint density at radius 1 is 0.800 bits per heavy atom. The maximum atomic E-state index is 14.5. The van der Waals surface area contributed by atoms with Crippen molar-refractivity contribution in [1.29, 1.82) is 0 Å². The van der Waals surface area contributed by atoms with Gasteiger partial charge >= 0.3 is 7.12 Å². The molecule has 45 heavy (non-hydrogen) atoms. The molecule has 1 heterocycles. The van der Waals surface area contributed by atoms with E-state index in [0.717, 1.165) is 11.1 Å². The fourth-order valence-corrected chi connectivity index (χ4v) is 6.43. The lowest BCUT2D eigenvalue weighted by Crippen LogP contribution is -2.42. The first-order chi connectivity index (χ1) is 21.1. The van der Waals surface area contributed by atoms with E-state index in [1.54, 1.807) is 32.4 Å². The number of methoxy groups -OCH3 is 2. The SMILES string of the molecule is CCOCOC(C)(C)c1cc(S(=O)(=O)N(Cc2ccc(OC)cc2)Cc2ccc(OC)cc2)ccc1B1OC(C)(C)C(C)(C)O1. The molecule has 0 aromatic heterocycles. The molecule has 0 amide bonds. The monoisotopic (exact) mass is 639 g/mol. The first kappa shape index (κ1) is 34.9. The highest BCUT2D eigenvalue weighted by Crippen LogP contribution is 2.38. The largest absolute Gasteiger partial charge is 0.497 e. The fourth-order valence-electron chi connectivity index (χ4n) is 4.99. The number of rotatable bonds is 14. The van der Waals surface area contributed by atoms with Crippen LogP contribution in [-0.2, 0) is 47.5 Å². The summed E-state index contributed by atoms with van der Waals surface area (Å²) in [5.41, 5.74) is 0.884. The van der Waals surface area contributed by atoms with Crippen LogP contribution in [0.3, 0.4) is 0 Å². The van der Waals surface area contributed by atoms with Crippen LogP contribution in [0.15, 0.2) is 71.6 Å². The Labute approximate surface area is 268 Å². The van der Waals surface area contributed by atoms with Gasteiger partial charge in [0.15, 0.2) is 0 Å². The second kappa shape index (κ2) is 13.8. The van der Waals surface area contributed by atoms with E-state index in [2.05, 4.69) is 0 Å². The highest BCUT2D eigenvalue weighted by molar-refractivity contribution is 7.89. The van der Waals surface area contributed by atoms with E-state index >= 15 is 0 Å². The van der Waals surface area contributed by atoms with Crippen LogP contribution in [0.1, 0.15) is 65.2 Å². The first-order valence-corrected chi connectivity index (χ1v) is 16.6. The Kier molecular flexibility index (Phi) is 10.7. The normalized spacial score (nSPS) is 16.3. The smallest absolute Gasteiger partial charge is 0.495 e. The minimum atomic E-state index is -4.02. The van der Waals surface area contributed by atoms with Gasteiger partial charge in [-0.25, -0.2) is 8.42 Å². The van der Waals surface area contributed by atoms with Gasteiger partial charge in [-0.1, -0.05) is 30.3 Å². The molecule has 1 aliphatic rings. The van der Waals surface area contributed by atoms with Gasteiger partial charge in [0.05, 0.1) is 35.9 Å². The minimum Gasteiger partial charge on any atom is -0.497 e. The number of ether oxygens (including phenoxy) is 4. The molecule has 0 atom stereocenters. The molecule has 0 N–H and O–H groups in total. The molecule has 244 valence electrons. The van der Waals surface area contributed by atoms with Crippen molar-refractivity contribution in [1.82, 2.24) is 4.31 Å². The van der Waals surface area contributed by atoms with Gasteiger partial charge in [0.2, 0.25) is 10.0 Å². The summed E-state index contributed by atoms with van der Waals surface area (Å²) in [6.45, 7) is 14.4. The molecule has 0 radical (unpaired) electrons. The zero-order chi connectivity index (χ0) is 33.0. The van der Waals surface area contributed by atoms with Crippen LogP contribution in [0.2, 0.25) is 0 Å². The summed E-state index contributed by atoms with van der Waals surface area (Å²) >= 11 is 0. The van der Waals surface area contributed by atoms with E-state index < -0.39 is 33.9 Å².